The molecule has 1 rings (SSSR count). The van der Waals surface area contributed by atoms with Crippen molar-refractivity contribution >= 4 is 28.5 Å². The van der Waals surface area contributed by atoms with E-state index >= 15 is 0 Å². The van der Waals surface area contributed by atoms with Gasteiger partial charge in [-0.15, -0.1) is 11.3 Å². The molecule has 0 radical (unpaired) electrons. The lowest BCUT2D eigenvalue weighted by Crippen LogP contribution is -2.37. The summed E-state index contributed by atoms with van der Waals surface area (Å²) in [7, 11) is 0. The summed E-state index contributed by atoms with van der Waals surface area (Å²) < 4.78 is 0. The lowest BCUT2D eigenvalue weighted by Gasteiger charge is -2.23. The first-order chi connectivity index (χ1) is 9.58. The number of hydrogen-bond acceptors (Lipinski definition) is 4. The second-order valence-electron chi connectivity index (χ2n) is 6.30. The number of aromatic nitrogens is 1. The van der Waals surface area contributed by atoms with Gasteiger partial charge in [0.25, 0.3) is 0 Å². The van der Waals surface area contributed by atoms with Crippen molar-refractivity contribution < 1.29 is 14.7 Å². The molecule has 6 nitrogen and oxygen atoms in total. The van der Waals surface area contributed by atoms with Crippen molar-refractivity contribution in [2.75, 3.05) is 11.9 Å². The van der Waals surface area contributed by atoms with Gasteiger partial charge in [-0.1, -0.05) is 20.8 Å². The Labute approximate surface area is 129 Å². The van der Waals surface area contributed by atoms with Gasteiger partial charge in [0.2, 0.25) is 0 Å². The van der Waals surface area contributed by atoms with E-state index < -0.39 is 17.9 Å². The number of aliphatic carboxylic acids is 1. The number of carbonyl (C=O) groups is 2. The third-order valence-electron chi connectivity index (χ3n) is 2.97. The quantitative estimate of drug-likeness (QED) is 0.779. The van der Waals surface area contributed by atoms with Crippen LogP contribution >= 0.6 is 11.3 Å². The average Bonchev–Trinajstić information content (AvgIpc) is 2.62. The summed E-state index contributed by atoms with van der Waals surface area (Å²) in [5.74, 6) is -1.50. The number of rotatable bonds is 5. The Bertz CT molecular complexity index is 501. The first-order valence-corrected chi connectivity index (χ1v) is 7.62. The van der Waals surface area contributed by atoms with Crippen LogP contribution in [0.5, 0.6) is 0 Å². The predicted octanol–water partition coefficient (Wildman–Crippen LogP) is 3.02. The fourth-order valence-corrected chi connectivity index (χ4v) is 2.68. The highest BCUT2D eigenvalue weighted by atomic mass is 32.1. The van der Waals surface area contributed by atoms with Crippen molar-refractivity contribution in [1.82, 2.24) is 10.3 Å². The van der Waals surface area contributed by atoms with Gasteiger partial charge in [0, 0.05) is 11.4 Å². The van der Waals surface area contributed by atoms with Gasteiger partial charge in [0.1, 0.15) is 0 Å². The third kappa shape index (κ3) is 6.12. The highest BCUT2D eigenvalue weighted by Crippen LogP contribution is 2.24. The van der Waals surface area contributed by atoms with Crippen LogP contribution in [-0.4, -0.2) is 28.6 Å². The standard InChI is InChI=1S/C14H23N3O3S/c1-8-9(2)21-13(16-8)17-12(20)15-7-10(11(18)19)6-14(3,4)5/h10H,6-7H2,1-5H3,(H,18,19)(H2,15,16,17,20). The molecular weight excluding hydrogens is 290 g/mol. The Morgan fingerprint density at radius 2 is 1.95 bits per heavy atom. The minimum Gasteiger partial charge on any atom is -0.481 e. The van der Waals surface area contributed by atoms with Crippen LogP contribution in [0.1, 0.15) is 37.8 Å². The van der Waals surface area contributed by atoms with Crippen molar-refractivity contribution in [3.05, 3.63) is 10.6 Å². The molecule has 0 fully saturated rings. The fraction of sp³-hybridized carbons (Fsp3) is 0.643. The number of nitrogens with one attached hydrogen (secondary N) is 2. The Hall–Kier alpha value is -1.63. The van der Waals surface area contributed by atoms with Crippen LogP contribution in [0.2, 0.25) is 0 Å². The molecule has 3 N–H and O–H groups in total. The van der Waals surface area contributed by atoms with E-state index in [0.717, 1.165) is 10.6 Å². The first kappa shape index (κ1) is 17.4. The molecule has 0 spiro atoms. The van der Waals surface area contributed by atoms with E-state index in [4.69, 9.17) is 0 Å². The monoisotopic (exact) mass is 313 g/mol. The number of anilines is 1. The first-order valence-electron chi connectivity index (χ1n) is 6.80. The van der Waals surface area contributed by atoms with E-state index in [-0.39, 0.29) is 12.0 Å². The van der Waals surface area contributed by atoms with Gasteiger partial charge < -0.3 is 10.4 Å². The lowest BCUT2D eigenvalue weighted by atomic mass is 9.84. The second kappa shape index (κ2) is 6.89. The Balaban J connectivity index is 2.52. The van der Waals surface area contributed by atoms with Crippen molar-refractivity contribution in [1.29, 1.82) is 0 Å². The van der Waals surface area contributed by atoms with Gasteiger partial charge in [0.05, 0.1) is 11.6 Å². The number of carboxylic acids is 1. The molecular formula is C14H23N3O3S. The largest absolute Gasteiger partial charge is 0.481 e. The molecule has 1 heterocycles. The Morgan fingerprint density at radius 3 is 2.38 bits per heavy atom. The van der Waals surface area contributed by atoms with Gasteiger partial charge in [0.15, 0.2) is 5.13 Å². The van der Waals surface area contributed by atoms with E-state index in [1.54, 1.807) is 0 Å². The number of carbonyl (C=O) groups excluding carboxylic acids is 1. The van der Waals surface area contributed by atoms with Crippen molar-refractivity contribution in [2.45, 2.75) is 41.0 Å². The minimum atomic E-state index is -0.897. The molecule has 0 aliphatic carbocycles. The average molecular weight is 313 g/mol. The summed E-state index contributed by atoms with van der Waals surface area (Å²) in [5, 5.41) is 14.9. The van der Waals surface area contributed by atoms with Crippen LogP contribution in [0.25, 0.3) is 0 Å². The van der Waals surface area contributed by atoms with Gasteiger partial charge in [-0.2, -0.15) is 0 Å². The number of carboxylic acid groups (broad SMARTS) is 1. The van der Waals surface area contributed by atoms with Crippen molar-refractivity contribution in [3.63, 3.8) is 0 Å². The number of hydrogen-bond donors (Lipinski definition) is 3. The molecule has 21 heavy (non-hydrogen) atoms. The molecule has 118 valence electrons. The van der Waals surface area contributed by atoms with Crippen LogP contribution in [0.3, 0.4) is 0 Å². The predicted molar refractivity (Wildman–Crippen MR) is 83.8 cm³/mol. The summed E-state index contributed by atoms with van der Waals surface area (Å²) in [6.07, 6.45) is 0.498. The van der Waals surface area contributed by atoms with E-state index in [1.165, 1.54) is 11.3 Å². The molecule has 1 unspecified atom stereocenters. The molecule has 0 bridgehead atoms. The number of nitrogens with zero attached hydrogens (tertiary/aromatic N) is 1. The molecule has 1 aromatic rings. The van der Waals surface area contributed by atoms with Gasteiger partial charge >= 0.3 is 12.0 Å². The number of thiazole rings is 1. The zero-order valence-corrected chi connectivity index (χ0v) is 13.9. The summed E-state index contributed by atoms with van der Waals surface area (Å²) in [5.41, 5.74) is 0.775. The van der Waals surface area contributed by atoms with Crippen LogP contribution < -0.4 is 10.6 Å². The summed E-state index contributed by atoms with van der Waals surface area (Å²) in [6, 6.07) is -0.427. The lowest BCUT2D eigenvalue weighted by molar-refractivity contribution is -0.142. The molecule has 1 aromatic heterocycles. The molecule has 0 aromatic carbocycles. The molecule has 1 atom stereocenters. The minimum absolute atomic E-state index is 0.0990. The zero-order chi connectivity index (χ0) is 16.2. The van der Waals surface area contributed by atoms with Gasteiger partial charge in [-0.3, -0.25) is 10.1 Å². The van der Waals surface area contributed by atoms with E-state index in [9.17, 15) is 14.7 Å². The van der Waals surface area contributed by atoms with Crippen molar-refractivity contribution in [3.8, 4) is 0 Å². The summed E-state index contributed by atoms with van der Waals surface area (Å²) >= 11 is 1.39. The van der Waals surface area contributed by atoms with Gasteiger partial charge in [-0.05, 0) is 25.7 Å². The maximum Gasteiger partial charge on any atom is 0.321 e. The number of amides is 2. The smallest absolute Gasteiger partial charge is 0.321 e. The second-order valence-corrected chi connectivity index (χ2v) is 7.50. The van der Waals surface area contributed by atoms with E-state index in [2.05, 4.69) is 15.6 Å². The summed E-state index contributed by atoms with van der Waals surface area (Å²) in [6.45, 7) is 9.83. The maximum absolute atomic E-state index is 11.8. The third-order valence-corrected chi connectivity index (χ3v) is 3.95. The van der Waals surface area contributed by atoms with Crippen LogP contribution in [0.4, 0.5) is 9.93 Å². The maximum atomic E-state index is 11.8. The van der Waals surface area contributed by atoms with Crippen LogP contribution in [0, 0.1) is 25.2 Å². The highest BCUT2D eigenvalue weighted by molar-refractivity contribution is 7.15. The van der Waals surface area contributed by atoms with E-state index in [0.29, 0.717) is 11.6 Å². The van der Waals surface area contributed by atoms with Crippen molar-refractivity contribution in [2.24, 2.45) is 11.3 Å². The van der Waals surface area contributed by atoms with Gasteiger partial charge in [-0.25, -0.2) is 9.78 Å². The van der Waals surface area contributed by atoms with E-state index in [1.807, 2.05) is 34.6 Å². The topological polar surface area (TPSA) is 91.3 Å². The fourth-order valence-electron chi connectivity index (χ4n) is 1.87. The molecule has 0 aliphatic heterocycles. The molecule has 0 saturated carbocycles. The van der Waals surface area contributed by atoms with Crippen LogP contribution in [0.15, 0.2) is 0 Å². The Kier molecular flexibility index (Phi) is 5.71. The number of aryl methyl sites for hydroxylation is 2. The molecule has 7 heteroatoms. The number of urea groups is 1. The normalized spacial score (nSPS) is 12.8. The molecule has 0 aliphatic rings. The molecule has 0 saturated heterocycles. The van der Waals surface area contributed by atoms with Crippen LogP contribution in [-0.2, 0) is 4.79 Å². The SMILES string of the molecule is Cc1nc(NC(=O)NCC(CC(C)(C)C)C(=O)O)sc1C. The highest BCUT2D eigenvalue weighted by Gasteiger charge is 2.25. The molecule has 2 amide bonds. The summed E-state index contributed by atoms with van der Waals surface area (Å²) in [4.78, 5) is 28.2. The Morgan fingerprint density at radius 1 is 1.33 bits per heavy atom. The zero-order valence-electron chi connectivity index (χ0n) is 13.1.